The summed E-state index contributed by atoms with van der Waals surface area (Å²) in [6.45, 7) is -1.46. The number of fused-ring (bicyclic) bond motifs is 1. The fraction of sp³-hybridized carbons (Fsp3) is 0.353. The molecule has 0 aliphatic carbocycles. The van der Waals surface area contributed by atoms with Crippen molar-refractivity contribution in [2.75, 3.05) is 6.61 Å². The predicted octanol–water partition coefficient (Wildman–Crippen LogP) is -10.2. The van der Waals surface area contributed by atoms with Crippen LogP contribution in [0.15, 0.2) is 44.6 Å². The van der Waals surface area contributed by atoms with E-state index in [2.05, 4.69) is 14.0 Å². The minimum atomic E-state index is -5.65. The summed E-state index contributed by atoms with van der Waals surface area (Å²) in [5.41, 5.74) is -1.95. The second-order valence-electron chi connectivity index (χ2n) is 7.54. The Bertz CT molecular complexity index is 1520. The summed E-state index contributed by atoms with van der Waals surface area (Å²) in [6, 6.07) is 4.92. The number of aliphatic hydroxyl groups excluding tert-OH is 2. The van der Waals surface area contributed by atoms with Gasteiger partial charge in [-0.3, -0.25) is 23.0 Å². The van der Waals surface area contributed by atoms with Gasteiger partial charge in [0.25, 0.3) is 13.4 Å². The van der Waals surface area contributed by atoms with Gasteiger partial charge in [0.2, 0.25) is 5.58 Å². The molecule has 6 atom stereocenters. The number of aromatic nitrogens is 3. The molecule has 2 aromatic heterocycles. The molecule has 4 rings (SSSR count). The van der Waals surface area contributed by atoms with Crippen LogP contribution in [0.3, 0.4) is 0 Å². The van der Waals surface area contributed by atoms with Gasteiger partial charge in [-0.15, -0.1) is 0 Å². The van der Waals surface area contributed by atoms with E-state index in [-0.39, 0.29) is 108 Å². The van der Waals surface area contributed by atoms with Crippen LogP contribution < -0.4 is 105 Å². The van der Waals surface area contributed by atoms with Gasteiger partial charge in [-0.2, -0.15) is 0 Å². The van der Waals surface area contributed by atoms with Crippen molar-refractivity contribution in [1.29, 1.82) is 0 Å². The van der Waals surface area contributed by atoms with E-state index in [1.54, 1.807) is 0 Å². The van der Waals surface area contributed by atoms with E-state index in [4.69, 9.17) is 14.2 Å². The Morgan fingerprint density at radius 3 is 2.44 bits per heavy atom. The Morgan fingerprint density at radius 1 is 1.13 bits per heavy atom. The van der Waals surface area contributed by atoms with Gasteiger partial charge < -0.3 is 37.0 Å². The number of aliphatic hydroxyl groups is 2. The number of hydrogen-bond donors (Lipinski definition) is 4. The molecule has 3 unspecified atom stereocenters. The fourth-order valence-electron chi connectivity index (χ4n) is 3.53. The third-order valence-corrected chi connectivity index (χ3v) is 7.27. The Kier molecular flexibility index (Phi) is 14.2. The zero-order valence-corrected chi connectivity index (χ0v) is 28.5. The number of phosphoric acid groups is 2. The van der Waals surface area contributed by atoms with Crippen LogP contribution >= 0.6 is 15.6 Å². The van der Waals surface area contributed by atoms with Crippen LogP contribution in [0, 0.1) is 5.82 Å². The van der Waals surface area contributed by atoms with Crippen LogP contribution in [0.5, 0.6) is 0 Å². The Morgan fingerprint density at radius 2 is 1.79 bits per heavy atom. The van der Waals surface area contributed by atoms with Gasteiger partial charge in [0.15, 0.2) is 12.0 Å². The third kappa shape index (κ3) is 8.74. The van der Waals surface area contributed by atoms with Crippen molar-refractivity contribution >= 4 is 26.6 Å². The summed E-state index contributed by atoms with van der Waals surface area (Å²) >= 11 is 0. The van der Waals surface area contributed by atoms with Gasteiger partial charge in [0, 0.05) is 17.6 Å². The molecule has 1 saturated heterocycles. The first kappa shape index (κ1) is 37.5. The molecular formula is C17H19FN3Na3O13P2. The number of nitrogens with zero attached hydrogens (tertiary/aromatic N) is 3. The van der Waals surface area contributed by atoms with Crippen LogP contribution in [0.4, 0.5) is 4.39 Å². The molecule has 0 amide bonds. The minimum absolute atomic E-state index is 0. The van der Waals surface area contributed by atoms with Crippen LogP contribution in [0.2, 0.25) is 0 Å². The van der Waals surface area contributed by atoms with Crippen LogP contribution in [-0.2, 0) is 29.2 Å². The molecule has 39 heavy (non-hydrogen) atoms. The monoisotopic (exact) mass is 623 g/mol. The summed E-state index contributed by atoms with van der Waals surface area (Å²) in [5.74, 6) is -0.705. The summed E-state index contributed by atoms with van der Waals surface area (Å²) < 4.78 is 55.6. The molecule has 0 radical (unpaired) electrons. The van der Waals surface area contributed by atoms with Crippen molar-refractivity contribution in [3.05, 3.63) is 62.8 Å². The average Bonchev–Trinajstić information content (AvgIpc) is 3.31. The van der Waals surface area contributed by atoms with Crippen molar-refractivity contribution < 1.29 is 148 Å². The summed E-state index contributed by atoms with van der Waals surface area (Å²) in [5, 5.41) is 24.5. The molecule has 1 fully saturated rings. The van der Waals surface area contributed by atoms with Crippen molar-refractivity contribution in [2.45, 2.75) is 31.1 Å². The number of ether oxygens (including phenoxy) is 1. The van der Waals surface area contributed by atoms with Crippen molar-refractivity contribution in [1.82, 2.24) is 14.3 Å². The van der Waals surface area contributed by atoms with Crippen molar-refractivity contribution in [2.24, 2.45) is 0 Å². The van der Waals surface area contributed by atoms with E-state index in [0.717, 1.165) is 22.9 Å². The number of hydrogen-bond acceptors (Lipinski definition) is 12. The number of benzene rings is 1. The largest absolute Gasteiger partial charge is 1.00 e. The fourth-order valence-corrected chi connectivity index (χ4v) is 5.10. The Balaban J connectivity index is 0. The SMILES string of the molecule is O=c1ccn([C@@H]2O[C@H](COP(=O)(O)OP(=O)([O-])O)[C@H](O)C2O)c(=O)n1Cc1noc2c(F)cccc12.[H-].[H-].[Na+].[Na+].[Na+]. The van der Waals surface area contributed by atoms with E-state index < -0.39 is 70.4 Å². The summed E-state index contributed by atoms with van der Waals surface area (Å²) in [4.78, 5) is 53.9. The smallest absolute Gasteiger partial charge is 1.00 e. The van der Waals surface area contributed by atoms with Crippen LogP contribution in [0.1, 0.15) is 14.8 Å². The van der Waals surface area contributed by atoms with E-state index in [1.807, 2.05) is 0 Å². The molecule has 0 spiro atoms. The Hall–Kier alpha value is 0.440. The van der Waals surface area contributed by atoms with Gasteiger partial charge in [0.05, 0.1) is 13.2 Å². The maximum Gasteiger partial charge on any atom is 1.00 e. The molecule has 0 bridgehead atoms. The zero-order chi connectivity index (χ0) is 26.4. The molecule has 1 aromatic carbocycles. The van der Waals surface area contributed by atoms with E-state index in [1.165, 1.54) is 12.1 Å². The average molecular weight is 623 g/mol. The number of halogens is 1. The molecule has 200 valence electrons. The zero-order valence-electron chi connectivity index (χ0n) is 22.7. The molecule has 3 heterocycles. The van der Waals surface area contributed by atoms with Gasteiger partial charge in [-0.1, -0.05) is 11.2 Å². The summed E-state index contributed by atoms with van der Waals surface area (Å²) in [6.07, 6.45) is -5.86. The second kappa shape index (κ2) is 14.8. The maximum absolute atomic E-state index is 13.9. The molecule has 1 aliphatic rings. The second-order valence-corrected chi connectivity index (χ2v) is 10.3. The normalized spacial score (nSPS) is 23.6. The van der Waals surface area contributed by atoms with Gasteiger partial charge >= 0.3 is 102 Å². The first-order chi connectivity index (χ1) is 16.8. The first-order valence-electron chi connectivity index (χ1n) is 9.86. The molecule has 4 N–H and O–H groups in total. The van der Waals surface area contributed by atoms with Crippen molar-refractivity contribution in [3.8, 4) is 0 Å². The van der Waals surface area contributed by atoms with Crippen LogP contribution in [-0.4, -0.2) is 59.2 Å². The number of phosphoric ester groups is 1. The molecule has 22 heteroatoms. The third-order valence-electron chi connectivity index (χ3n) is 5.15. The van der Waals surface area contributed by atoms with Gasteiger partial charge in [0.1, 0.15) is 24.0 Å². The molecule has 0 saturated carbocycles. The summed E-state index contributed by atoms with van der Waals surface area (Å²) in [7, 11) is -11.0. The predicted molar refractivity (Wildman–Crippen MR) is 113 cm³/mol. The quantitative estimate of drug-likeness (QED) is 0.135. The molecule has 16 nitrogen and oxygen atoms in total. The van der Waals surface area contributed by atoms with Crippen LogP contribution in [0.25, 0.3) is 11.0 Å². The standard InChI is InChI=1S/C17H18FN3O13P2.3Na.2H/c18-9-3-1-2-8-10(19-33-15(8)9)6-21-12(22)4-5-20(17(21)25)16-14(24)13(23)11(32-16)7-31-36(29,30)34-35(26,27)28;;;;;/h1-5,11,13-14,16,23-24H,6-7H2,(H,29,30)(H2,26,27,28);;;;;/q;3*+1;2*-1/p-1/t11-,13+,14?,16-;;;;;/m1...../s1. The van der Waals surface area contributed by atoms with E-state index >= 15 is 0 Å². The Labute approximate surface area is 286 Å². The van der Waals surface area contributed by atoms with E-state index in [0.29, 0.717) is 4.57 Å². The molecule has 1 aliphatic heterocycles. The molecular weight excluding hydrogens is 604 g/mol. The minimum Gasteiger partial charge on any atom is -1.00 e. The number of rotatable bonds is 8. The van der Waals surface area contributed by atoms with Gasteiger partial charge in [-0.25, -0.2) is 18.1 Å². The van der Waals surface area contributed by atoms with Gasteiger partial charge in [-0.05, 0) is 12.1 Å². The first-order valence-corrected chi connectivity index (χ1v) is 12.9. The van der Waals surface area contributed by atoms with Crippen molar-refractivity contribution in [3.63, 3.8) is 0 Å². The number of para-hydroxylation sites is 1. The van der Waals surface area contributed by atoms with E-state index in [9.17, 15) is 43.1 Å². The topological polar surface area (TPSA) is 236 Å². The maximum atomic E-state index is 13.9. The molecule has 3 aromatic rings.